The smallest absolute Gasteiger partial charge is 0.271 e. The number of thiazole rings is 1. The zero-order valence-corrected chi connectivity index (χ0v) is 15.8. The molecule has 1 saturated heterocycles. The second kappa shape index (κ2) is 6.60. The molecular formula is C19H21N5O2S. The van der Waals surface area contributed by atoms with E-state index < -0.39 is 0 Å². The summed E-state index contributed by atoms with van der Waals surface area (Å²) in [4.78, 5) is 36.9. The minimum atomic E-state index is -0.288. The first kappa shape index (κ1) is 16.7. The monoisotopic (exact) mass is 383 g/mol. The molecule has 3 aromatic heterocycles. The summed E-state index contributed by atoms with van der Waals surface area (Å²) in [5.41, 5.74) is -0.142. The lowest BCUT2D eigenvalue weighted by Crippen LogP contribution is -2.42. The molecule has 8 heteroatoms. The first-order valence-electron chi connectivity index (χ1n) is 9.46. The molecule has 3 aromatic rings. The third kappa shape index (κ3) is 3.07. The molecule has 4 heterocycles. The number of fused-ring (bicyclic) bond motifs is 1. The molecule has 0 aromatic carbocycles. The molecule has 0 radical (unpaired) electrons. The Hall–Kier alpha value is -2.48. The Labute approximate surface area is 160 Å². The summed E-state index contributed by atoms with van der Waals surface area (Å²) >= 11 is 1.38. The number of likely N-dealkylation sites (tertiary alicyclic amines) is 1. The Morgan fingerprint density at radius 2 is 2.11 bits per heavy atom. The van der Waals surface area contributed by atoms with Gasteiger partial charge in [-0.25, -0.2) is 9.97 Å². The van der Waals surface area contributed by atoms with Crippen LogP contribution in [0.1, 0.15) is 47.8 Å². The van der Waals surface area contributed by atoms with Crippen LogP contribution in [0.15, 0.2) is 35.0 Å². The summed E-state index contributed by atoms with van der Waals surface area (Å²) in [5, 5.41) is 1.80. The molecule has 27 heavy (non-hydrogen) atoms. The lowest BCUT2D eigenvalue weighted by Gasteiger charge is -2.32. The number of carbonyl (C=O) groups is 1. The lowest BCUT2D eigenvalue weighted by molar-refractivity contribution is 0.0700. The van der Waals surface area contributed by atoms with Gasteiger partial charge in [-0.05, 0) is 31.6 Å². The van der Waals surface area contributed by atoms with E-state index in [1.165, 1.54) is 34.8 Å². The van der Waals surface area contributed by atoms with Crippen LogP contribution < -0.4 is 5.56 Å². The van der Waals surface area contributed by atoms with E-state index in [9.17, 15) is 9.59 Å². The van der Waals surface area contributed by atoms with Gasteiger partial charge in [-0.2, -0.15) is 0 Å². The number of piperidine rings is 1. The normalized spacial score (nSPS) is 20.3. The number of amides is 1. The van der Waals surface area contributed by atoms with E-state index in [0.29, 0.717) is 18.1 Å². The molecule has 7 nitrogen and oxygen atoms in total. The van der Waals surface area contributed by atoms with Crippen LogP contribution in [-0.2, 0) is 6.54 Å². The molecule has 5 rings (SSSR count). The van der Waals surface area contributed by atoms with Gasteiger partial charge in [0.25, 0.3) is 11.5 Å². The number of imidazole rings is 1. The zero-order valence-electron chi connectivity index (χ0n) is 15.0. The molecule has 1 atom stereocenters. The van der Waals surface area contributed by atoms with Crippen LogP contribution in [0.3, 0.4) is 0 Å². The van der Waals surface area contributed by atoms with Crippen molar-refractivity contribution >= 4 is 22.2 Å². The summed E-state index contributed by atoms with van der Waals surface area (Å²) < 4.78 is 3.70. The molecule has 0 spiro atoms. The van der Waals surface area contributed by atoms with Crippen molar-refractivity contribution in [1.29, 1.82) is 0 Å². The summed E-state index contributed by atoms with van der Waals surface area (Å²) in [6.07, 6.45) is 11.5. The summed E-state index contributed by atoms with van der Waals surface area (Å²) in [6, 6.07) is 0. The van der Waals surface area contributed by atoms with Gasteiger partial charge in [-0.1, -0.05) is 0 Å². The second-order valence-electron chi connectivity index (χ2n) is 7.50. The molecule has 140 valence electrons. The quantitative estimate of drug-likeness (QED) is 0.693. The Morgan fingerprint density at radius 1 is 1.22 bits per heavy atom. The number of carbonyl (C=O) groups excluding carboxylic acids is 1. The van der Waals surface area contributed by atoms with Gasteiger partial charge < -0.3 is 9.47 Å². The summed E-state index contributed by atoms with van der Waals surface area (Å²) in [7, 11) is 0. The number of rotatable bonds is 4. The van der Waals surface area contributed by atoms with E-state index in [0.717, 1.165) is 31.1 Å². The Morgan fingerprint density at radius 3 is 2.96 bits per heavy atom. The number of hydrogen-bond acceptors (Lipinski definition) is 5. The third-order valence-electron chi connectivity index (χ3n) is 5.55. The maximum Gasteiger partial charge on any atom is 0.271 e. The second-order valence-corrected chi connectivity index (χ2v) is 8.38. The van der Waals surface area contributed by atoms with E-state index in [2.05, 4.69) is 20.7 Å². The Balaban J connectivity index is 1.38. The van der Waals surface area contributed by atoms with Gasteiger partial charge in [-0.3, -0.25) is 14.0 Å². The first-order chi connectivity index (χ1) is 13.2. The lowest BCUT2D eigenvalue weighted by atomic mass is 9.96. The maximum atomic E-state index is 13.0. The molecule has 1 amide bonds. The summed E-state index contributed by atoms with van der Waals surface area (Å²) in [6.45, 7) is 2.30. The van der Waals surface area contributed by atoms with Gasteiger partial charge in [0, 0.05) is 55.7 Å². The predicted octanol–water partition coefficient (Wildman–Crippen LogP) is 2.38. The fraction of sp³-hybridized carbons (Fsp3) is 0.474. The Kier molecular flexibility index (Phi) is 4.07. The number of hydrogen-bond donors (Lipinski definition) is 0. The van der Waals surface area contributed by atoms with E-state index in [4.69, 9.17) is 0 Å². The molecule has 0 unspecified atom stereocenters. The van der Waals surface area contributed by atoms with Gasteiger partial charge in [0.05, 0.1) is 0 Å². The molecule has 2 fully saturated rings. The van der Waals surface area contributed by atoms with Crippen molar-refractivity contribution in [3.8, 4) is 0 Å². The highest BCUT2D eigenvalue weighted by molar-refractivity contribution is 7.15. The molecule has 1 saturated carbocycles. The van der Waals surface area contributed by atoms with Gasteiger partial charge in [0.2, 0.25) is 0 Å². The molecule has 0 bridgehead atoms. The van der Waals surface area contributed by atoms with Crippen LogP contribution in [0.2, 0.25) is 0 Å². The standard InChI is InChI=1S/C19H21N5O2S/c25-17(15-10-21-19-24(18(15)26)8-9-27-19)23-6-1-2-14(12-23)16-20-5-7-22(16)11-13-3-4-13/h5,7-10,13-14H,1-4,6,11-12H2/t14-/m1/s1. The first-order valence-corrected chi connectivity index (χ1v) is 10.3. The van der Waals surface area contributed by atoms with E-state index in [1.54, 1.807) is 16.5 Å². The van der Waals surface area contributed by atoms with Crippen LogP contribution in [0.25, 0.3) is 4.96 Å². The highest BCUT2D eigenvalue weighted by atomic mass is 32.1. The van der Waals surface area contributed by atoms with Crippen molar-refractivity contribution in [3.63, 3.8) is 0 Å². The fourth-order valence-corrected chi connectivity index (χ4v) is 4.60. The third-order valence-corrected chi connectivity index (χ3v) is 6.32. The van der Waals surface area contributed by atoms with Crippen molar-refractivity contribution in [2.24, 2.45) is 5.92 Å². The average Bonchev–Trinajstić information content (AvgIpc) is 3.17. The Bertz CT molecular complexity index is 1050. The van der Waals surface area contributed by atoms with Crippen LogP contribution >= 0.6 is 11.3 Å². The molecule has 1 aliphatic heterocycles. The van der Waals surface area contributed by atoms with Crippen molar-refractivity contribution < 1.29 is 4.79 Å². The van der Waals surface area contributed by atoms with Crippen LogP contribution in [0.5, 0.6) is 0 Å². The van der Waals surface area contributed by atoms with E-state index in [-0.39, 0.29) is 22.9 Å². The van der Waals surface area contributed by atoms with Gasteiger partial charge in [0.15, 0.2) is 4.96 Å². The van der Waals surface area contributed by atoms with Crippen molar-refractivity contribution in [3.05, 3.63) is 51.9 Å². The number of nitrogens with zero attached hydrogens (tertiary/aromatic N) is 5. The van der Waals surface area contributed by atoms with Crippen LogP contribution in [0, 0.1) is 5.92 Å². The largest absolute Gasteiger partial charge is 0.338 e. The van der Waals surface area contributed by atoms with Gasteiger partial charge in [0.1, 0.15) is 11.4 Å². The van der Waals surface area contributed by atoms with Crippen LogP contribution in [0.4, 0.5) is 0 Å². The van der Waals surface area contributed by atoms with Crippen molar-refractivity contribution in [1.82, 2.24) is 23.8 Å². The fourth-order valence-electron chi connectivity index (χ4n) is 3.93. The minimum absolute atomic E-state index is 0.146. The van der Waals surface area contributed by atoms with Gasteiger partial charge >= 0.3 is 0 Å². The topological polar surface area (TPSA) is 72.5 Å². The highest BCUT2D eigenvalue weighted by Gasteiger charge is 2.30. The molecule has 2 aliphatic rings. The predicted molar refractivity (Wildman–Crippen MR) is 102 cm³/mol. The van der Waals surface area contributed by atoms with Gasteiger partial charge in [-0.15, -0.1) is 11.3 Å². The molecule has 0 N–H and O–H groups in total. The van der Waals surface area contributed by atoms with E-state index >= 15 is 0 Å². The minimum Gasteiger partial charge on any atom is -0.338 e. The summed E-state index contributed by atoms with van der Waals surface area (Å²) in [5.74, 6) is 1.85. The average molecular weight is 383 g/mol. The molecule has 1 aliphatic carbocycles. The van der Waals surface area contributed by atoms with Crippen LogP contribution in [-0.4, -0.2) is 42.8 Å². The van der Waals surface area contributed by atoms with Crippen molar-refractivity contribution in [2.45, 2.75) is 38.1 Å². The van der Waals surface area contributed by atoms with Crippen molar-refractivity contribution in [2.75, 3.05) is 13.1 Å². The number of aromatic nitrogens is 4. The zero-order chi connectivity index (χ0) is 18.4. The molecular weight excluding hydrogens is 362 g/mol. The maximum absolute atomic E-state index is 13.0. The SMILES string of the molecule is O=C(c1cnc2sccn2c1=O)N1CCC[C@@H](c2nccn2CC2CC2)C1. The highest BCUT2D eigenvalue weighted by Crippen LogP contribution is 2.33. The van der Waals surface area contributed by atoms with E-state index in [1.807, 2.05) is 6.20 Å².